The SMILES string of the molecule is O=c1[nH]c(-c2cccs2)nc2c1CN(Cc1cc(Cl)cc(Cl)c1O)CC2. The number of hydrogen-bond donors (Lipinski definition) is 2. The van der Waals surface area contributed by atoms with E-state index in [-0.39, 0.29) is 16.3 Å². The van der Waals surface area contributed by atoms with E-state index in [9.17, 15) is 9.90 Å². The molecule has 1 aromatic carbocycles. The van der Waals surface area contributed by atoms with Gasteiger partial charge in [0, 0.05) is 36.6 Å². The van der Waals surface area contributed by atoms with Gasteiger partial charge < -0.3 is 10.1 Å². The summed E-state index contributed by atoms with van der Waals surface area (Å²) in [4.78, 5) is 23.1. The van der Waals surface area contributed by atoms with Crippen molar-refractivity contribution < 1.29 is 5.11 Å². The molecule has 0 saturated carbocycles. The Labute approximate surface area is 163 Å². The Bertz CT molecular complexity index is 1020. The topological polar surface area (TPSA) is 69.2 Å². The van der Waals surface area contributed by atoms with E-state index in [4.69, 9.17) is 23.2 Å². The summed E-state index contributed by atoms with van der Waals surface area (Å²) >= 11 is 13.6. The minimum absolute atomic E-state index is 0.0296. The molecule has 0 amide bonds. The zero-order valence-electron chi connectivity index (χ0n) is 13.6. The highest BCUT2D eigenvalue weighted by atomic mass is 35.5. The van der Waals surface area contributed by atoms with Gasteiger partial charge in [0.1, 0.15) is 5.75 Å². The molecule has 0 unspecified atom stereocenters. The van der Waals surface area contributed by atoms with Gasteiger partial charge in [-0.15, -0.1) is 11.3 Å². The average molecular weight is 408 g/mol. The van der Waals surface area contributed by atoms with Crippen LogP contribution in [0.25, 0.3) is 10.7 Å². The standard InChI is InChI=1S/C18H15Cl2N3O2S/c19-11-6-10(16(24)13(20)7-11)8-23-4-3-14-12(9-23)18(25)22-17(21-14)15-2-1-5-26-15/h1-2,5-7,24H,3-4,8-9H2,(H,21,22,25). The van der Waals surface area contributed by atoms with Crippen LogP contribution in [0.4, 0.5) is 0 Å². The molecule has 0 fully saturated rings. The molecule has 4 rings (SSSR count). The number of benzene rings is 1. The van der Waals surface area contributed by atoms with E-state index in [1.807, 2.05) is 17.5 Å². The second-order valence-corrected chi connectivity index (χ2v) is 7.96. The lowest BCUT2D eigenvalue weighted by atomic mass is 10.1. The predicted octanol–water partition coefficient (Wildman–Crippen LogP) is 4.07. The maximum atomic E-state index is 12.5. The van der Waals surface area contributed by atoms with E-state index in [1.54, 1.807) is 17.4 Å². The number of aromatic hydroxyl groups is 1. The van der Waals surface area contributed by atoms with Crippen LogP contribution >= 0.6 is 34.5 Å². The first kappa shape index (κ1) is 17.5. The van der Waals surface area contributed by atoms with Gasteiger partial charge >= 0.3 is 0 Å². The number of nitrogens with one attached hydrogen (secondary N) is 1. The van der Waals surface area contributed by atoms with E-state index < -0.39 is 0 Å². The lowest BCUT2D eigenvalue weighted by Crippen LogP contribution is -2.35. The van der Waals surface area contributed by atoms with Crippen molar-refractivity contribution in [2.24, 2.45) is 0 Å². The van der Waals surface area contributed by atoms with Crippen LogP contribution in [0.5, 0.6) is 5.75 Å². The van der Waals surface area contributed by atoms with Gasteiger partial charge in [0.05, 0.1) is 21.2 Å². The summed E-state index contributed by atoms with van der Waals surface area (Å²) in [6.45, 7) is 1.65. The Balaban J connectivity index is 1.60. The Morgan fingerprint density at radius 3 is 2.96 bits per heavy atom. The van der Waals surface area contributed by atoms with Crippen LogP contribution in [0.3, 0.4) is 0 Å². The summed E-state index contributed by atoms with van der Waals surface area (Å²) in [6.07, 6.45) is 0.673. The molecular weight excluding hydrogens is 393 g/mol. The fraction of sp³-hybridized carbons (Fsp3) is 0.222. The number of phenolic OH excluding ortho intramolecular Hbond substituents is 1. The molecule has 3 heterocycles. The molecule has 8 heteroatoms. The number of rotatable bonds is 3. The number of nitrogens with zero attached hydrogens (tertiary/aromatic N) is 2. The Kier molecular flexibility index (Phi) is 4.75. The van der Waals surface area contributed by atoms with Crippen LogP contribution in [-0.2, 0) is 19.5 Å². The third-order valence-electron chi connectivity index (χ3n) is 4.40. The zero-order chi connectivity index (χ0) is 18.3. The van der Waals surface area contributed by atoms with E-state index in [0.717, 1.165) is 17.1 Å². The number of thiophene rings is 1. The number of H-pyrrole nitrogens is 1. The van der Waals surface area contributed by atoms with E-state index in [0.29, 0.717) is 41.5 Å². The van der Waals surface area contributed by atoms with Crippen molar-refractivity contribution in [1.82, 2.24) is 14.9 Å². The fourth-order valence-corrected chi connectivity index (χ4v) is 4.33. The molecule has 0 spiro atoms. The fourth-order valence-electron chi connectivity index (χ4n) is 3.13. The highest BCUT2D eigenvalue weighted by Gasteiger charge is 2.23. The van der Waals surface area contributed by atoms with Crippen molar-refractivity contribution in [3.63, 3.8) is 0 Å². The van der Waals surface area contributed by atoms with Crippen molar-refractivity contribution in [2.45, 2.75) is 19.5 Å². The van der Waals surface area contributed by atoms with E-state index in [1.165, 1.54) is 6.07 Å². The molecule has 0 saturated heterocycles. The second kappa shape index (κ2) is 7.04. The molecule has 0 aliphatic carbocycles. The molecule has 3 aromatic rings. The minimum atomic E-state index is -0.114. The smallest absolute Gasteiger partial charge is 0.255 e. The summed E-state index contributed by atoms with van der Waals surface area (Å²) < 4.78 is 0. The summed E-state index contributed by atoms with van der Waals surface area (Å²) in [5.74, 6) is 0.651. The van der Waals surface area contributed by atoms with Gasteiger partial charge in [-0.3, -0.25) is 9.69 Å². The monoisotopic (exact) mass is 407 g/mol. The third-order valence-corrected chi connectivity index (χ3v) is 5.79. The van der Waals surface area contributed by atoms with Crippen LogP contribution in [-0.4, -0.2) is 26.5 Å². The molecule has 0 radical (unpaired) electrons. The highest BCUT2D eigenvalue weighted by molar-refractivity contribution is 7.13. The molecule has 0 bridgehead atoms. The van der Waals surface area contributed by atoms with Crippen LogP contribution in [0.1, 0.15) is 16.8 Å². The molecular formula is C18H15Cl2N3O2S. The zero-order valence-corrected chi connectivity index (χ0v) is 16.0. The molecule has 2 aromatic heterocycles. The second-order valence-electron chi connectivity index (χ2n) is 6.17. The summed E-state index contributed by atoms with van der Waals surface area (Å²) in [5, 5.41) is 12.8. The maximum Gasteiger partial charge on any atom is 0.255 e. The van der Waals surface area contributed by atoms with Crippen LogP contribution in [0, 0.1) is 0 Å². The molecule has 134 valence electrons. The van der Waals surface area contributed by atoms with Gasteiger partial charge in [-0.25, -0.2) is 4.98 Å². The number of aromatic amines is 1. The Hall–Kier alpha value is -1.86. The van der Waals surface area contributed by atoms with Gasteiger partial charge in [-0.05, 0) is 23.6 Å². The summed E-state index contributed by atoms with van der Waals surface area (Å²) in [6, 6.07) is 7.08. The number of fused-ring (bicyclic) bond motifs is 1. The van der Waals surface area contributed by atoms with Gasteiger partial charge in [0.15, 0.2) is 5.82 Å². The van der Waals surface area contributed by atoms with E-state index >= 15 is 0 Å². The van der Waals surface area contributed by atoms with Crippen LogP contribution in [0.15, 0.2) is 34.4 Å². The minimum Gasteiger partial charge on any atom is -0.506 e. The quantitative estimate of drug-likeness (QED) is 0.686. The van der Waals surface area contributed by atoms with Crippen LogP contribution in [0.2, 0.25) is 10.0 Å². The van der Waals surface area contributed by atoms with E-state index in [2.05, 4.69) is 14.9 Å². The van der Waals surface area contributed by atoms with Crippen molar-refractivity contribution in [3.8, 4) is 16.5 Å². The summed E-state index contributed by atoms with van der Waals surface area (Å²) in [5.41, 5.74) is 2.04. The lowest BCUT2D eigenvalue weighted by molar-refractivity contribution is 0.239. The first-order chi connectivity index (χ1) is 12.5. The molecule has 2 N–H and O–H groups in total. The van der Waals surface area contributed by atoms with Gasteiger partial charge in [-0.1, -0.05) is 29.3 Å². The van der Waals surface area contributed by atoms with Gasteiger partial charge in [0.2, 0.25) is 0 Å². The molecule has 26 heavy (non-hydrogen) atoms. The lowest BCUT2D eigenvalue weighted by Gasteiger charge is -2.28. The van der Waals surface area contributed by atoms with Gasteiger partial charge in [0.25, 0.3) is 5.56 Å². The van der Waals surface area contributed by atoms with Crippen LogP contribution < -0.4 is 5.56 Å². The number of halogens is 2. The third kappa shape index (κ3) is 3.38. The predicted molar refractivity (Wildman–Crippen MR) is 104 cm³/mol. The molecule has 1 aliphatic heterocycles. The number of hydrogen-bond acceptors (Lipinski definition) is 5. The Morgan fingerprint density at radius 2 is 2.19 bits per heavy atom. The average Bonchev–Trinajstić information content (AvgIpc) is 3.14. The molecule has 0 atom stereocenters. The van der Waals surface area contributed by atoms with Crippen molar-refractivity contribution in [1.29, 1.82) is 0 Å². The Morgan fingerprint density at radius 1 is 1.35 bits per heavy atom. The molecule has 5 nitrogen and oxygen atoms in total. The van der Waals surface area contributed by atoms with Gasteiger partial charge in [-0.2, -0.15) is 0 Å². The number of aromatic nitrogens is 2. The van der Waals surface area contributed by atoms with Crippen molar-refractivity contribution in [3.05, 3.63) is 66.9 Å². The molecule has 1 aliphatic rings. The maximum absolute atomic E-state index is 12.5. The number of phenols is 1. The largest absolute Gasteiger partial charge is 0.506 e. The summed E-state index contributed by atoms with van der Waals surface area (Å²) in [7, 11) is 0. The normalized spacial score (nSPS) is 14.4. The van der Waals surface area contributed by atoms with Crippen molar-refractivity contribution in [2.75, 3.05) is 6.54 Å². The first-order valence-electron chi connectivity index (χ1n) is 8.06. The van der Waals surface area contributed by atoms with Crippen molar-refractivity contribution >= 4 is 34.5 Å². The first-order valence-corrected chi connectivity index (χ1v) is 9.70. The highest BCUT2D eigenvalue weighted by Crippen LogP contribution is 2.32.